The molecule has 1 saturated heterocycles. The summed E-state index contributed by atoms with van der Waals surface area (Å²) in [5, 5.41) is 22.6. The van der Waals surface area contributed by atoms with Crippen LogP contribution in [0.5, 0.6) is 11.5 Å². The van der Waals surface area contributed by atoms with Gasteiger partial charge in [-0.05, 0) is 64.3 Å². The van der Waals surface area contributed by atoms with Gasteiger partial charge in [-0.3, -0.25) is 0 Å². The van der Waals surface area contributed by atoms with E-state index in [-0.39, 0.29) is 17.5 Å². The molecular weight excluding hydrogens is 264 g/mol. The van der Waals surface area contributed by atoms with Crippen LogP contribution in [0.2, 0.25) is 0 Å². The van der Waals surface area contributed by atoms with Crippen LogP contribution in [0.1, 0.15) is 44.7 Å². The van der Waals surface area contributed by atoms with Crippen molar-refractivity contribution in [3.63, 3.8) is 0 Å². The summed E-state index contributed by atoms with van der Waals surface area (Å²) >= 11 is 0. The molecule has 118 valence electrons. The molecule has 3 N–H and O–H groups in total. The van der Waals surface area contributed by atoms with E-state index in [9.17, 15) is 10.2 Å². The highest BCUT2D eigenvalue weighted by Crippen LogP contribution is 2.27. The van der Waals surface area contributed by atoms with Crippen LogP contribution in [-0.4, -0.2) is 41.3 Å². The Labute approximate surface area is 127 Å². The highest BCUT2D eigenvalue weighted by Gasteiger charge is 2.15. The number of piperidine rings is 1. The second-order valence-electron chi connectivity index (χ2n) is 6.30. The number of aromatic hydroxyl groups is 2. The molecule has 0 aliphatic carbocycles. The first-order chi connectivity index (χ1) is 10.1. The van der Waals surface area contributed by atoms with Crippen molar-refractivity contribution in [1.29, 1.82) is 0 Å². The fraction of sp³-hybridized carbons (Fsp3) is 0.647. The number of hydrogen-bond donors (Lipinski definition) is 3. The molecule has 1 unspecified atom stereocenters. The zero-order valence-corrected chi connectivity index (χ0v) is 13.2. The van der Waals surface area contributed by atoms with Crippen molar-refractivity contribution in [2.24, 2.45) is 5.92 Å². The molecule has 0 aromatic heterocycles. The lowest BCUT2D eigenvalue weighted by molar-refractivity contribution is 0.190. The van der Waals surface area contributed by atoms with Crippen LogP contribution in [0.4, 0.5) is 0 Å². The lowest BCUT2D eigenvalue weighted by Gasteiger charge is -2.30. The predicted octanol–water partition coefficient (Wildman–Crippen LogP) is 2.87. The van der Waals surface area contributed by atoms with Gasteiger partial charge in [0.05, 0.1) is 0 Å². The Morgan fingerprint density at radius 3 is 2.67 bits per heavy atom. The molecule has 1 aliphatic rings. The number of nitrogens with one attached hydrogen (secondary N) is 1. The van der Waals surface area contributed by atoms with Crippen LogP contribution in [0.15, 0.2) is 18.2 Å². The zero-order chi connectivity index (χ0) is 15.2. The van der Waals surface area contributed by atoms with E-state index < -0.39 is 0 Å². The minimum atomic E-state index is 0.0898. The molecule has 4 nitrogen and oxygen atoms in total. The Morgan fingerprint density at radius 2 is 2.00 bits per heavy atom. The van der Waals surface area contributed by atoms with E-state index in [0.29, 0.717) is 0 Å². The molecule has 4 heteroatoms. The summed E-state index contributed by atoms with van der Waals surface area (Å²) in [5.41, 5.74) is 0.833. The molecule has 1 fully saturated rings. The van der Waals surface area contributed by atoms with Crippen molar-refractivity contribution in [3.8, 4) is 11.5 Å². The summed E-state index contributed by atoms with van der Waals surface area (Å²) in [7, 11) is 0. The van der Waals surface area contributed by atoms with Crippen molar-refractivity contribution in [1.82, 2.24) is 10.2 Å². The summed E-state index contributed by atoms with van der Waals surface area (Å²) in [4.78, 5) is 2.55. The standard InChI is InChI=1S/C17H28N2O2/c1-13-6-10-19(11-7-13)9-3-8-18-14(2)16-5-4-15(20)12-17(16)21/h4-5,12-14,18,20-21H,3,6-11H2,1-2H3. The SMILES string of the molecule is CC1CCN(CCCNC(C)c2ccc(O)cc2O)CC1. The van der Waals surface area contributed by atoms with Gasteiger partial charge in [-0.15, -0.1) is 0 Å². The third-order valence-corrected chi connectivity index (χ3v) is 4.46. The normalized spacial score (nSPS) is 18.8. The second-order valence-corrected chi connectivity index (χ2v) is 6.30. The van der Waals surface area contributed by atoms with E-state index in [4.69, 9.17) is 0 Å². The maximum atomic E-state index is 9.84. The van der Waals surface area contributed by atoms with Crippen molar-refractivity contribution in [2.75, 3.05) is 26.2 Å². The van der Waals surface area contributed by atoms with Gasteiger partial charge in [0.2, 0.25) is 0 Å². The molecule has 0 radical (unpaired) electrons. The summed E-state index contributed by atoms with van der Waals surface area (Å²) in [6.07, 6.45) is 3.77. The molecule has 21 heavy (non-hydrogen) atoms. The van der Waals surface area contributed by atoms with Crippen LogP contribution in [0, 0.1) is 5.92 Å². The van der Waals surface area contributed by atoms with E-state index >= 15 is 0 Å². The molecule has 0 saturated carbocycles. The molecule has 0 spiro atoms. The molecule has 0 bridgehead atoms. The molecule has 1 aromatic carbocycles. The number of phenols is 2. The molecule has 1 aliphatic heterocycles. The van der Waals surface area contributed by atoms with Crippen LogP contribution >= 0.6 is 0 Å². The van der Waals surface area contributed by atoms with E-state index in [1.54, 1.807) is 12.1 Å². The predicted molar refractivity (Wildman–Crippen MR) is 85.6 cm³/mol. The number of hydrogen-bond acceptors (Lipinski definition) is 4. The highest BCUT2D eigenvalue weighted by molar-refractivity contribution is 5.40. The van der Waals surface area contributed by atoms with Crippen LogP contribution < -0.4 is 5.32 Å². The average Bonchev–Trinajstić information content (AvgIpc) is 2.45. The molecule has 2 rings (SSSR count). The topological polar surface area (TPSA) is 55.7 Å². The number of phenolic OH excluding ortho intramolecular Hbond substituents is 2. The minimum absolute atomic E-state index is 0.0898. The van der Waals surface area contributed by atoms with Gasteiger partial charge in [0.25, 0.3) is 0 Å². The van der Waals surface area contributed by atoms with Crippen LogP contribution in [-0.2, 0) is 0 Å². The smallest absolute Gasteiger partial charge is 0.124 e. The summed E-state index contributed by atoms with van der Waals surface area (Å²) in [5.74, 6) is 1.14. The van der Waals surface area contributed by atoms with Gasteiger partial charge in [0.15, 0.2) is 0 Å². The van der Waals surface area contributed by atoms with Crippen LogP contribution in [0.25, 0.3) is 0 Å². The lowest BCUT2D eigenvalue weighted by Crippen LogP contribution is -2.35. The Hall–Kier alpha value is -1.26. The van der Waals surface area contributed by atoms with Gasteiger partial charge >= 0.3 is 0 Å². The van der Waals surface area contributed by atoms with E-state index in [1.165, 1.54) is 32.0 Å². The van der Waals surface area contributed by atoms with Crippen LogP contribution in [0.3, 0.4) is 0 Å². The summed E-state index contributed by atoms with van der Waals surface area (Å²) in [6.45, 7) is 8.92. The largest absolute Gasteiger partial charge is 0.508 e. The number of rotatable bonds is 6. The van der Waals surface area contributed by atoms with Gasteiger partial charge in [-0.1, -0.05) is 13.0 Å². The number of likely N-dealkylation sites (tertiary alicyclic amines) is 1. The van der Waals surface area contributed by atoms with Crippen molar-refractivity contribution in [3.05, 3.63) is 23.8 Å². The molecular formula is C17H28N2O2. The van der Waals surface area contributed by atoms with Gasteiger partial charge in [-0.25, -0.2) is 0 Å². The summed E-state index contributed by atoms with van der Waals surface area (Å²) in [6, 6.07) is 4.87. The van der Waals surface area contributed by atoms with Gasteiger partial charge in [-0.2, -0.15) is 0 Å². The van der Waals surface area contributed by atoms with E-state index in [1.807, 2.05) is 6.92 Å². The van der Waals surface area contributed by atoms with Crippen molar-refractivity contribution >= 4 is 0 Å². The number of benzene rings is 1. The fourth-order valence-electron chi connectivity index (χ4n) is 2.92. The fourth-order valence-corrected chi connectivity index (χ4v) is 2.92. The summed E-state index contributed by atoms with van der Waals surface area (Å²) < 4.78 is 0. The maximum Gasteiger partial charge on any atom is 0.124 e. The van der Waals surface area contributed by atoms with Gasteiger partial charge in [0.1, 0.15) is 11.5 Å². The zero-order valence-electron chi connectivity index (χ0n) is 13.2. The molecule has 1 aromatic rings. The first kappa shape index (κ1) is 16.1. The molecule has 0 amide bonds. The highest BCUT2D eigenvalue weighted by atomic mass is 16.3. The number of nitrogens with zero attached hydrogens (tertiary/aromatic N) is 1. The van der Waals surface area contributed by atoms with E-state index in [2.05, 4.69) is 17.1 Å². The van der Waals surface area contributed by atoms with Gasteiger partial charge in [0, 0.05) is 17.7 Å². The lowest BCUT2D eigenvalue weighted by atomic mass is 9.99. The Kier molecular flexibility index (Phi) is 5.88. The Morgan fingerprint density at radius 1 is 1.29 bits per heavy atom. The average molecular weight is 292 g/mol. The monoisotopic (exact) mass is 292 g/mol. The van der Waals surface area contributed by atoms with E-state index in [0.717, 1.165) is 31.0 Å². The third kappa shape index (κ3) is 4.90. The third-order valence-electron chi connectivity index (χ3n) is 4.46. The Balaban J connectivity index is 1.68. The first-order valence-corrected chi connectivity index (χ1v) is 8.04. The van der Waals surface area contributed by atoms with Gasteiger partial charge < -0.3 is 20.4 Å². The second kappa shape index (κ2) is 7.66. The quantitative estimate of drug-likeness (QED) is 0.706. The first-order valence-electron chi connectivity index (χ1n) is 8.04. The minimum Gasteiger partial charge on any atom is -0.508 e. The Bertz CT molecular complexity index is 442. The van der Waals surface area contributed by atoms with Crippen molar-refractivity contribution < 1.29 is 10.2 Å². The maximum absolute atomic E-state index is 9.84. The molecule has 1 atom stereocenters. The van der Waals surface area contributed by atoms with Crippen molar-refractivity contribution in [2.45, 2.75) is 39.2 Å². The molecule has 1 heterocycles.